The lowest BCUT2D eigenvalue weighted by Gasteiger charge is -2.50. The molecule has 2 fully saturated rings. The highest BCUT2D eigenvalue weighted by atomic mass is 19.4. The average molecular weight is 606 g/mol. The van der Waals surface area contributed by atoms with Crippen molar-refractivity contribution in [1.82, 2.24) is 15.1 Å². The number of hydrogen-bond acceptors (Lipinski definition) is 5. The Morgan fingerprint density at radius 3 is 2.33 bits per heavy atom. The Labute approximate surface area is 251 Å². The van der Waals surface area contributed by atoms with E-state index in [1.54, 1.807) is 0 Å². The first-order valence-electron chi connectivity index (χ1n) is 15.1. The van der Waals surface area contributed by atoms with Gasteiger partial charge in [-0.1, -0.05) is 24.3 Å². The molecule has 0 aromatic heterocycles. The van der Waals surface area contributed by atoms with Gasteiger partial charge in [-0.3, -0.25) is 14.5 Å². The number of halogens is 4. The summed E-state index contributed by atoms with van der Waals surface area (Å²) < 4.78 is 60.5. The topological polar surface area (TPSA) is 72.9 Å². The number of nitrogens with zero attached hydrogens (tertiary/aromatic N) is 2. The minimum Gasteiger partial charge on any atom is -0.508 e. The standard InChI is InChI=1S/C33H43F4N3O3/c1-21-24(13-10-14-26(21)34)27-25(29(42)22-11-9-12-23(41)19-22)20-40(18-6-5-15-38-32(2,3)4)30(33(35,36)37)28(27)31(43)39-16-7-8-17-39/h9-14,19,25,27-28,30,38,41H,5-8,15-18,20H2,1-4H3/t25-,27+,28-,30-/m0/s1. The molecule has 0 spiro atoms. The van der Waals surface area contributed by atoms with Crippen LogP contribution >= 0.6 is 0 Å². The molecule has 2 aromatic rings. The number of rotatable bonds is 9. The van der Waals surface area contributed by atoms with Crippen LogP contribution in [0.2, 0.25) is 0 Å². The molecule has 0 saturated carbocycles. The third kappa shape index (κ3) is 7.76. The molecule has 2 aliphatic rings. The normalized spacial score (nSPS) is 23.5. The lowest BCUT2D eigenvalue weighted by molar-refractivity contribution is -0.214. The SMILES string of the molecule is Cc1c(F)cccc1[C@H]1[C@H](C(=O)N2CCCC2)[C@@H](C(F)(F)F)N(CCCCNC(C)(C)C)C[C@@H]1C(=O)c1cccc(O)c1. The monoisotopic (exact) mass is 605 g/mol. The third-order valence-electron chi connectivity index (χ3n) is 8.69. The molecular formula is C33H43F4N3O3. The van der Waals surface area contributed by atoms with E-state index in [0.29, 0.717) is 45.3 Å². The Bertz CT molecular complexity index is 1290. The lowest BCUT2D eigenvalue weighted by Crippen LogP contribution is -2.63. The number of piperidine rings is 1. The molecule has 2 heterocycles. The van der Waals surface area contributed by atoms with Crippen LogP contribution in [0.3, 0.4) is 0 Å². The fourth-order valence-electron chi connectivity index (χ4n) is 6.65. The molecule has 4 rings (SSSR count). The summed E-state index contributed by atoms with van der Waals surface area (Å²) in [4.78, 5) is 31.1. The number of hydrogen-bond donors (Lipinski definition) is 2. The van der Waals surface area contributed by atoms with Crippen molar-refractivity contribution in [3.05, 3.63) is 65.0 Å². The zero-order valence-corrected chi connectivity index (χ0v) is 25.4. The predicted molar refractivity (Wildman–Crippen MR) is 158 cm³/mol. The van der Waals surface area contributed by atoms with Crippen molar-refractivity contribution in [2.45, 2.75) is 77.1 Å². The molecule has 6 nitrogen and oxygen atoms in total. The van der Waals surface area contributed by atoms with E-state index in [0.717, 1.165) is 0 Å². The van der Waals surface area contributed by atoms with Crippen LogP contribution in [0.5, 0.6) is 5.75 Å². The van der Waals surface area contributed by atoms with Gasteiger partial charge in [0.05, 0.1) is 5.92 Å². The van der Waals surface area contributed by atoms with Crippen molar-refractivity contribution in [1.29, 1.82) is 0 Å². The summed E-state index contributed by atoms with van der Waals surface area (Å²) in [7, 11) is 0. The molecule has 2 aromatic carbocycles. The van der Waals surface area contributed by atoms with Gasteiger partial charge in [-0.25, -0.2) is 4.39 Å². The Kier molecular flexibility index (Phi) is 10.2. The van der Waals surface area contributed by atoms with Crippen LogP contribution in [0.25, 0.3) is 0 Å². The average Bonchev–Trinajstić information content (AvgIpc) is 3.47. The minimum absolute atomic E-state index is 0.0401. The van der Waals surface area contributed by atoms with Gasteiger partial charge in [0.25, 0.3) is 0 Å². The number of Topliss-reactive ketones (excluding diaryl/α,β-unsaturated/α-hetero) is 1. The van der Waals surface area contributed by atoms with Crippen molar-refractivity contribution in [2.24, 2.45) is 11.8 Å². The zero-order valence-electron chi connectivity index (χ0n) is 25.4. The first-order valence-corrected chi connectivity index (χ1v) is 15.1. The van der Waals surface area contributed by atoms with E-state index in [1.807, 2.05) is 20.8 Å². The van der Waals surface area contributed by atoms with Crippen LogP contribution in [0.1, 0.15) is 73.9 Å². The zero-order chi connectivity index (χ0) is 31.5. The molecule has 0 bridgehead atoms. The lowest BCUT2D eigenvalue weighted by atomic mass is 9.66. The number of ketones is 1. The quantitative estimate of drug-likeness (QED) is 0.206. The number of carbonyl (C=O) groups is 2. The fraction of sp³-hybridized carbons (Fsp3) is 0.576. The van der Waals surface area contributed by atoms with Crippen LogP contribution in [0.15, 0.2) is 42.5 Å². The molecule has 2 saturated heterocycles. The summed E-state index contributed by atoms with van der Waals surface area (Å²) in [6.45, 7) is 8.61. The van der Waals surface area contributed by atoms with Gasteiger partial charge in [-0.05, 0) is 95.8 Å². The van der Waals surface area contributed by atoms with Crippen molar-refractivity contribution in [3.63, 3.8) is 0 Å². The van der Waals surface area contributed by atoms with E-state index in [2.05, 4.69) is 5.32 Å². The minimum atomic E-state index is -4.78. The number of amides is 1. The molecule has 1 amide bonds. The second kappa shape index (κ2) is 13.3. The molecule has 4 atom stereocenters. The first kappa shape index (κ1) is 32.9. The molecule has 0 unspecified atom stereocenters. The van der Waals surface area contributed by atoms with Gasteiger partial charge >= 0.3 is 6.18 Å². The highest BCUT2D eigenvalue weighted by molar-refractivity contribution is 5.99. The highest BCUT2D eigenvalue weighted by Crippen LogP contribution is 2.49. The smallest absolute Gasteiger partial charge is 0.404 e. The number of unbranched alkanes of at least 4 members (excludes halogenated alkanes) is 1. The summed E-state index contributed by atoms with van der Waals surface area (Å²) in [5.41, 5.74) is 0.361. The number of phenolic OH excluding ortho intramolecular Hbond substituents is 1. The maximum absolute atomic E-state index is 15.2. The van der Waals surface area contributed by atoms with Gasteiger partial charge in [0.1, 0.15) is 17.6 Å². The number of phenols is 1. The van der Waals surface area contributed by atoms with Crippen molar-refractivity contribution in [2.75, 3.05) is 32.7 Å². The van der Waals surface area contributed by atoms with Gasteiger partial charge in [0.2, 0.25) is 5.91 Å². The molecule has 10 heteroatoms. The van der Waals surface area contributed by atoms with Crippen molar-refractivity contribution in [3.8, 4) is 5.75 Å². The summed E-state index contributed by atoms with van der Waals surface area (Å²) in [6.07, 6.45) is -2.36. The summed E-state index contributed by atoms with van der Waals surface area (Å²) in [5, 5.41) is 13.4. The van der Waals surface area contributed by atoms with E-state index in [1.165, 1.54) is 59.2 Å². The van der Waals surface area contributed by atoms with Gasteiger partial charge in [0.15, 0.2) is 5.78 Å². The Hall–Kier alpha value is -2.98. The predicted octanol–water partition coefficient (Wildman–Crippen LogP) is 6.08. The van der Waals surface area contributed by atoms with Crippen LogP contribution in [-0.4, -0.2) is 77.1 Å². The van der Waals surface area contributed by atoms with E-state index in [-0.39, 0.29) is 41.1 Å². The Morgan fingerprint density at radius 2 is 1.70 bits per heavy atom. The van der Waals surface area contributed by atoms with E-state index < -0.39 is 47.5 Å². The second-order valence-electron chi connectivity index (χ2n) is 12.9. The highest BCUT2D eigenvalue weighted by Gasteiger charge is 2.60. The number of alkyl halides is 3. The fourth-order valence-corrected chi connectivity index (χ4v) is 6.65. The molecule has 236 valence electrons. The number of carbonyl (C=O) groups excluding carboxylic acids is 2. The molecule has 0 radical (unpaired) electrons. The maximum atomic E-state index is 15.2. The Morgan fingerprint density at radius 1 is 1.02 bits per heavy atom. The number of likely N-dealkylation sites (tertiary alicyclic amines) is 2. The van der Waals surface area contributed by atoms with Gasteiger partial charge < -0.3 is 15.3 Å². The van der Waals surface area contributed by atoms with E-state index >= 15 is 13.2 Å². The number of benzene rings is 2. The molecular weight excluding hydrogens is 562 g/mol. The van der Waals surface area contributed by atoms with Crippen molar-refractivity contribution < 1.29 is 32.3 Å². The van der Waals surface area contributed by atoms with E-state index in [4.69, 9.17) is 0 Å². The number of aromatic hydroxyl groups is 1. The van der Waals surface area contributed by atoms with Crippen LogP contribution in [0, 0.1) is 24.6 Å². The largest absolute Gasteiger partial charge is 0.508 e. The van der Waals surface area contributed by atoms with Crippen LogP contribution in [-0.2, 0) is 4.79 Å². The van der Waals surface area contributed by atoms with Crippen LogP contribution < -0.4 is 5.32 Å². The van der Waals surface area contributed by atoms with Gasteiger partial charge in [-0.2, -0.15) is 13.2 Å². The number of nitrogens with one attached hydrogen (secondary N) is 1. The van der Waals surface area contributed by atoms with Crippen LogP contribution in [0.4, 0.5) is 17.6 Å². The van der Waals surface area contributed by atoms with Gasteiger partial charge in [0, 0.05) is 42.6 Å². The molecule has 2 aliphatic heterocycles. The third-order valence-corrected chi connectivity index (χ3v) is 8.69. The summed E-state index contributed by atoms with van der Waals surface area (Å²) >= 11 is 0. The van der Waals surface area contributed by atoms with Gasteiger partial charge in [-0.15, -0.1) is 0 Å². The summed E-state index contributed by atoms with van der Waals surface area (Å²) in [5.74, 6) is -5.84. The second-order valence-corrected chi connectivity index (χ2v) is 12.9. The molecule has 2 N–H and O–H groups in total. The maximum Gasteiger partial charge on any atom is 0.404 e. The Balaban J connectivity index is 1.83. The van der Waals surface area contributed by atoms with E-state index in [9.17, 15) is 19.1 Å². The summed E-state index contributed by atoms with van der Waals surface area (Å²) in [6, 6.07) is 7.74. The van der Waals surface area contributed by atoms with Crippen molar-refractivity contribution >= 4 is 11.7 Å². The molecule has 43 heavy (non-hydrogen) atoms. The molecule has 0 aliphatic carbocycles. The first-order chi connectivity index (χ1) is 20.2.